The molecule has 202 valence electrons. The van der Waals surface area contributed by atoms with Gasteiger partial charge in [0.05, 0.1) is 32.5 Å². The van der Waals surface area contributed by atoms with Crippen LogP contribution >= 0.6 is 34.8 Å². The molecule has 4 aromatic rings. The summed E-state index contributed by atoms with van der Waals surface area (Å²) in [6.07, 6.45) is 1.50. The molecule has 0 aliphatic rings. The molecule has 1 heterocycles. The van der Waals surface area contributed by atoms with Crippen molar-refractivity contribution >= 4 is 62.6 Å². The zero-order chi connectivity index (χ0) is 28.3. The van der Waals surface area contributed by atoms with E-state index < -0.39 is 22.5 Å². The SMILES string of the molecule is Cc1cc(Cl)ccc1N(CC(=O)N/N=C/c1cc(C)n(-c2cccc(Cl)c2Cl)c1C)S(=O)(=O)c1ccccc1. The Morgan fingerprint density at radius 2 is 1.69 bits per heavy atom. The van der Waals surface area contributed by atoms with Gasteiger partial charge < -0.3 is 4.57 Å². The molecule has 4 rings (SSSR count). The maximum atomic E-state index is 13.5. The minimum absolute atomic E-state index is 0.0581. The van der Waals surface area contributed by atoms with Gasteiger partial charge in [-0.2, -0.15) is 5.10 Å². The van der Waals surface area contributed by atoms with E-state index in [1.165, 1.54) is 18.3 Å². The Labute approximate surface area is 242 Å². The first kappa shape index (κ1) is 28.7. The number of carbonyl (C=O) groups excluding carboxylic acids is 1. The molecule has 0 bridgehead atoms. The Morgan fingerprint density at radius 1 is 0.974 bits per heavy atom. The number of hydrogen-bond acceptors (Lipinski definition) is 4. The van der Waals surface area contributed by atoms with Gasteiger partial charge in [0.2, 0.25) is 0 Å². The average molecular weight is 604 g/mol. The smallest absolute Gasteiger partial charge is 0.264 e. The molecular weight excluding hydrogens is 579 g/mol. The standard InChI is InChI=1S/C28H25Cl3N4O3S/c1-18-14-22(29)12-13-25(18)34(39(37,38)23-8-5-4-6-9-23)17-27(36)33-32-16-21-15-19(2)35(20(21)3)26-11-7-10-24(30)28(26)31/h4-16H,17H2,1-3H3,(H,33,36)/b32-16+. The third-order valence-electron chi connectivity index (χ3n) is 6.08. The number of benzene rings is 3. The van der Waals surface area contributed by atoms with Crippen molar-refractivity contribution in [3.8, 4) is 5.69 Å². The van der Waals surface area contributed by atoms with Gasteiger partial charge in [-0.25, -0.2) is 13.8 Å². The molecule has 1 aromatic heterocycles. The van der Waals surface area contributed by atoms with E-state index in [2.05, 4.69) is 10.5 Å². The van der Waals surface area contributed by atoms with Gasteiger partial charge in [-0.3, -0.25) is 9.10 Å². The highest BCUT2D eigenvalue weighted by Crippen LogP contribution is 2.32. The van der Waals surface area contributed by atoms with E-state index in [9.17, 15) is 13.2 Å². The van der Waals surface area contributed by atoms with E-state index >= 15 is 0 Å². The lowest BCUT2D eigenvalue weighted by Crippen LogP contribution is -2.40. The van der Waals surface area contributed by atoms with Crippen LogP contribution in [0.4, 0.5) is 5.69 Å². The molecule has 0 radical (unpaired) electrons. The topological polar surface area (TPSA) is 83.8 Å². The first-order chi connectivity index (χ1) is 18.5. The molecule has 0 aliphatic carbocycles. The second kappa shape index (κ2) is 11.8. The summed E-state index contributed by atoms with van der Waals surface area (Å²) in [4.78, 5) is 13.0. The number of nitrogens with one attached hydrogen (secondary N) is 1. The van der Waals surface area contributed by atoms with Crippen molar-refractivity contribution in [1.29, 1.82) is 0 Å². The van der Waals surface area contributed by atoms with Crippen LogP contribution in [0.25, 0.3) is 5.69 Å². The highest BCUT2D eigenvalue weighted by atomic mass is 35.5. The van der Waals surface area contributed by atoms with E-state index in [-0.39, 0.29) is 4.90 Å². The van der Waals surface area contributed by atoms with Crippen LogP contribution in [-0.2, 0) is 14.8 Å². The van der Waals surface area contributed by atoms with Crippen LogP contribution in [0.2, 0.25) is 15.1 Å². The number of amides is 1. The van der Waals surface area contributed by atoms with Gasteiger partial charge in [0.1, 0.15) is 6.54 Å². The number of aryl methyl sites for hydroxylation is 2. The summed E-state index contributed by atoms with van der Waals surface area (Å²) in [6, 6.07) is 20.0. The van der Waals surface area contributed by atoms with Crippen LogP contribution < -0.4 is 9.73 Å². The molecule has 0 atom stereocenters. The zero-order valence-corrected chi connectivity index (χ0v) is 24.4. The molecule has 1 N–H and O–H groups in total. The van der Waals surface area contributed by atoms with Crippen molar-refractivity contribution in [3.05, 3.63) is 110 Å². The monoisotopic (exact) mass is 602 g/mol. The predicted octanol–water partition coefficient (Wildman–Crippen LogP) is 6.71. The maximum Gasteiger partial charge on any atom is 0.264 e. The van der Waals surface area contributed by atoms with Gasteiger partial charge in [0.15, 0.2) is 0 Å². The summed E-state index contributed by atoms with van der Waals surface area (Å²) in [7, 11) is -4.06. The first-order valence-corrected chi connectivity index (χ1v) is 14.4. The Bertz CT molecular complexity index is 1670. The first-order valence-electron chi connectivity index (χ1n) is 11.8. The minimum atomic E-state index is -4.06. The van der Waals surface area contributed by atoms with Crippen LogP contribution in [0.5, 0.6) is 0 Å². The van der Waals surface area contributed by atoms with Gasteiger partial charge in [0, 0.05) is 22.0 Å². The Kier molecular flexibility index (Phi) is 8.71. The number of rotatable bonds is 8. The lowest BCUT2D eigenvalue weighted by molar-refractivity contribution is -0.119. The number of hydrazone groups is 1. The molecule has 0 unspecified atom stereocenters. The largest absolute Gasteiger partial charge is 0.316 e. The molecule has 0 saturated carbocycles. The average Bonchev–Trinajstić information content (AvgIpc) is 3.17. The fraction of sp³-hybridized carbons (Fsp3) is 0.143. The second-order valence-electron chi connectivity index (χ2n) is 8.78. The molecule has 11 heteroatoms. The maximum absolute atomic E-state index is 13.5. The van der Waals surface area contributed by atoms with Crippen molar-refractivity contribution < 1.29 is 13.2 Å². The van der Waals surface area contributed by atoms with Crippen LogP contribution in [0.1, 0.15) is 22.5 Å². The van der Waals surface area contributed by atoms with Gasteiger partial charge in [-0.15, -0.1) is 0 Å². The summed E-state index contributed by atoms with van der Waals surface area (Å²) >= 11 is 18.7. The molecule has 3 aromatic carbocycles. The third-order valence-corrected chi connectivity index (χ3v) is 8.90. The number of sulfonamides is 1. The minimum Gasteiger partial charge on any atom is -0.316 e. The Balaban J connectivity index is 1.58. The molecule has 1 amide bonds. The van der Waals surface area contributed by atoms with Crippen molar-refractivity contribution in [1.82, 2.24) is 9.99 Å². The normalized spacial score (nSPS) is 11.6. The quantitative estimate of drug-likeness (QED) is 0.180. The van der Waals surface area contributed by atoms with Crippen molar-refractivity contribution in [2.24, 2.45) is 5.10 Å². The van der Waals surface area contributed by atoms with Crippen LogP contribution in [0, 0.1) is 20.8 Å². The number of anilines is 1. The van der Waals surface area contributed by atoms with E-state index in [4.69, 9.17) is 34.8 Å². The van der Waals surface area contributed by atoms with E-state index in [0.717, 1.165) is 26.9 Å². The van der Waals surface area contributed by atoms with Crippen LogP contribution in [0.15, 0.2) is 82.8 Å². The molecule has 0 saturated heterocycles. The third kappa shape index (κ3) is 6.15. The Hall–Kier alpha value is -3.30. The van der Waals surface area contributed by atoms with Crippen molar-refractivity contribution in [2.75, 3.05) is 10.8 Å². The molecule has 0 fully saturated rings. The lowest BCUT2D eigenvalue weighted by atomic mass is 10.2. The van der Waals surface area contributed by atoms with E-state index in [1.807, 2.05) is 36.6 Å². The summed E-state index contributed by atoms with van der Waals surface area (Å²) < 4.78 is 30.0. The van der Waals surface area contributed by atoms with Crippen LogP contribution in [-0.4, -0.2) is 31.7 Å². The number of nitrogens with zero attached hydrogens (tertiary/aromatic N) is 3. The predicted molar refractivity (Wildman–Crippen MR) is 158 cm³/mol. The van der Waals surface area contributed by atoms with Crippen LogP contribution in [0.3, 0.4) is 0 Å². The van der Waals surface area contributed by atoms with Crippen molar-refractivity contribution in [2.45, 2.75) is 25.7 Å². The Morgan fingerprint density at radius 3 is 2.38 bits per heavy atom. The number of carbonyl (C=O) groups is 1. The summed E-state index contributed by atoms with van der Waals surface area (Å²) in [6.45, 7) is 5.05. The fourth-order valence-corrected chi connectivity index (χ4v) is 6.33. The highest BCUT2D eigenvalue weighted by Gasteiger charge is 2.28. The summed E-state index contributed by atoms with van der Waals surface area (Å²) in [5, 5.41) is 5.41. The second-order valence-corrected chi connectivity index (χ2v) is 11.9. The van der Waals surface area contributed by atoms with E-state index in [1.54, 1.807) is 49.4 Å². The molecule has 0 spiro atoms. The summed E-state index contributed by atoms with van der Waals surface area (Å²) in [5.74, 6) is -0.619. The van der Waals surface area contributed by atoms with Gasteiger partial charge in [-0.05, 0) is 74.9 Å². The molecule has 39 heavy (non-hydrogen) atoms. The van der Waals surface area contributed by atoms with E-state index in [0.29, 0.717) is 26.3 Å². The molecular formula is C28H25Cl3N4O3S. The molecule has 0 aliphatic heterocycles. The van der Waals surface area contributed by atoms with Gasteiger partial charge in [0.25, 0.3) is 15.9 Å². The van der Waals surface area contributed by atoms with Gasteiger partial charge in [-0.1, -0.05) is 59.1 Å². The number of halogens is 3. The van der Waals surface area contributed by atoms with Crippen molar-refractivity contribution in [3.63, 3.8) is 0 Å². The summed E-state index contributed by atoms with van der Waals surface area (Å²) in [5.41, 5.74) is 6.57. The fourth-order valence-electron chi connectivity index (χ4n) is 4.21. The zero-order valence-electron chi connectivity index (χ0n) is 21.3. The lowest BCUT2D eigenvalue weighted by Gasteiger charge is -2.25. The number of hydrogen-bond donors (Lipinski definition) is 1. The van der Waals surface area contributed by atoms with Gasteiger partial charge >= 0.3 is 0 Å². The highest BCUT2D eigenvalue weighted by molar-refractivity contribution is 7.92. The molecule has 7 nitrogen and oxygen atoms in total. The number of aromatic nitrogens is 1.